The lowest BCUT2D eigenvalue weighted by molar-refractivity contribution is 0.343. The number of hydrogen-bond donors (Lipinski definition) is 1. The highest BCUT2D eigenvalue weighted by atomic mass is 79.9. The smallest absolute Gasteiger partial charge is 0.0621 e. The molecular formula is C15H12BrClO. The summed E-state index contributed by atoms with van der Waals surface area (Å²) >= 11 is 9.30. The topological polar surface area (TPSA) is 20.2 Å². The molecule has 0 heterocycles. The van der Waals surface area contributed by atoms with Gasteiger partial charge < -0.3 is 5.11 Å². The van der Waals surface area contributed by atoms with Crippen LogP contribution < -0.4 is 0 Å². The molecule has 0 aliphatic rings. The SMILES string of the molecule is OCC=C(c1ccc(Cl)cc1)c1ccc(Br)cc1. The van der Waals surface area contributed by atoms with E-state index >= 15 is 0 Å². The van der Waals surface area contributed by atoms with Gasteiger partial charge in [0, 0.05) is 9.50 Å². The third kappa shape index (κ3) is 3.22. The van der Waals surface area contributed by atoms with Gasteiger partial charge in [0.2, 0.25) is 0 Å². The number of halogens is 2. The van der Waals surface area contributed by atoms with Crippen molar-refractivity contribution in [3.05, 3.63) is 75.2 Å². The Hall–Kier alpha value is -1.09. The van der Waals surface area contributed by atoms with Crippen molar-refractivity contribution in [1.82, 2.24) is 0 Å². The highest BCUT2D eigenvalue weighted by molar-refractivity contribution is 9.10. The van der Waals surface area contributed by atoms with Crippen LogP contribution in [-0.4, -0.2) is 11.7 Å². The monoisotopic (exact) mass is 322 g/mol. The molecule has 92 valence electrons. The Bertz CT molecular complexity index is 496. The fraction of sp³-hybridized carbons (Fsp3) is 0.0667. The highest BCUT2D eigenvalue weighted by Gasteiger charge is 2.04. The van der Waals surface area contributed by atoms with Gasteiger partial charge in [0.15, 0.2) is 0 Å². The molecule has 0 unspecified atom stereocenters. The Morgan fingerprint density at radius 3 is 2.00 bits per heavy atom. The first-order chi connectivity index (χ1) is 8.70. The lowest BCUT2D eigenvalue weighted by atomic mass is 9.98. The molecule has 2 rings (SSSR count). The summed E-state index contributed by atoms with van der Waals surface area (Å²) in [4.78, 5) is 0. The Balaban J connectivity index is 2.43. The van der Waals surface area contributed by atoms with E-state index in [0.29, 0.717) is 5.02 Å². The second-order valence-electron chi connectivity index (χ2n) is 3.81. The van der Waals surface area contributed by atoms with Crippen molar-refractivity contribution in [3.8, 4) is 0 Å². The summed E-state index contributed by atoms with van der Waals surface area (Å²) in [5.41, 5.74) is 3.10. The molecule has 0 saturated carbocycles. The summed E-state index contributed by atoms with van der Waals surface area (Å²) in [5, 5.41) is 9.86. The van der Waals surface area contributed by atoms with E-state index in [1.54, 1.807) is 6.08 Å². The first-order valence-corrected chi connectivity index (χ1v) is 6.70. The molecule has 0 bridgehead atoms. The summed E-state index contributed by atoms with van der Waals surface area (Å²) in [6, 6.07) is 15.6. The van der Waals surface area contributed by atoms with Crippen LogP contribution in [0.25, 0.3) is 5.57 Å². The molecule has 1 nitrogen and oxygen atoms in total. The van der Waals surface area contributed by atoms with E-state index < -0.39 is 0 Å². The largest absolute Gasteiger partial charge is 0.392 e. The van der Waals surface area contributed by atoms with Crippen molar-refractivity contribution in [2.24, 2.45) is 0 Å². The standard InChI is InChI=1S/C15H12BrClO/c16-13-5-1-11(2-6-13)15(9-10-18)12-3-7-14(17)8-4-12/h1-9,18H,10H2. The average molecular weight is 324 g/mol. The van der Waals surface area contributed by atoms with Crippen LogP contribution in [0, 0.1) is 0 Å². The molecule has 0 fully saturated rings. The average Bonchev–Trinajstić information content (AvgIpc) is 2.39. The maximum atomic E-state index is 9.16. The zero-order valence-corrected chi connectivity index (χ0v) is 11.9. The van der Waals surface area contributed by atoms with E-state index in [1.807, 2.05) is 48.5 Å². The van der Waals surface area contributed by atoms with Crippen molar-refractivity contribution >= 4 is 33.1 Å². The first kappa shape index (κ1) is 13.3. The number of aliphatic hydroxyl groups is 1. The summed E-state index contributed by atoms with van der Waals surface area (Å²) in [6.45, 7) is 0.00796. The third-order valence-corrected chi connectivity index (χ3v) is 3.39. The normalized spacial score (nSPS) is 11.6. The van der Waals surface area contributed by atoms with Gasteiger partial charge in [-0.25, -0.2) is 0 Å². The van der Waals surface area contributed by atoms with Crippen molar-refractivity contribution in [3.63, 3.8) is 0 Å². The van der Waals surface area contributed by atoms with Crippen LogP contribution in [-0.2, 0) is 0 Å². The Labute approximate surface area is 120 Å². The zero-order valence-electron chi connectivity index (χ0n) is 9.61. The zero-order chi connectivity index (χ0) is 13.0. The Kier molecular flexibility index (Phi) is 4.59. The lowest BCUT2D eigenvalue weighted by Gasteiger charge is -2.08. The van der Waals surface area contributed by atoms with Crippen molar-refractivity contribution in [2.45, 2.75) is 0 Å². The van der Waals surface area contributed by atoms with Crippen molar-refractivity contribution < 1.29 is 5.11 Å². The molecule has 0 aromatic heterocycles. The molecule has 0 aliphatic carbocycles. The van der Waals surface area contributed by atoms with Crippen LogP contribution in [0.3, 0.4) is 0 Å². The third-order valence-electron chi connectivity index (χ3n) is 2.61. The second kappa shape index (κ2) is 6.19. The van der Waals surface area contributed by atoms with Gasteiger partial charge in [-0.2, -0.15) is 0 Å². The van der Waals surface area contributed by atoms with Gasteiger partial charge in [0.25, 0.3) is 0 Å². The van der Waals surface area contributed by atoms with Gasteiger partial charge in [0.1, 0.15) is 0 Å². The fourth-order valence-corrected chi connectivity index (χ4v) is 2.14. The highest BCUT2D eigenvalue weighted by Crippen LogP contribution is 2.25. The Morgan fingerprint density at radius 2 is 1.50 bits per heavy atom. The quantitative estimate of drug-likeness (QED) is 0.880. The lowest BCUT2D eigenvalue weighted by Crippen LogP contribution is -1.90. The van der Waals surface area contributed by atoms with Gasteiger partial charge in [-0.05, 0) is 41.0 Å². The summed E-state index contributed by atoms with van der Waals surface area (Å²) in [7, 11) is 0. The molecule has 1 N–H and O–H groups in total. The van der Waals surface area contributed by atoms with E-state index in [4.69, 9.17) is 16.7 Å². The van der Waals surface area contributed by atoms with E-state index in [-0.39, 0.29) is 6.61 Å². The minimum atomic E-state index is 0.00796. The van der Waals surface area contributed by atoms with Crippen LogP contribution in [0.2, 0.25) is 5.02 Å². The van der Waals surface area contributed by atoms with E-state index in [0.717, 1.165) is 21.2 Å². The fourth-order valence-electron chi connectivity index (χ4n) is 1.75. The molecule has 3 heteroatoms. The van der Waals surface area contributed by atoms with Crippen LogP contribution in [0.4, 0.5) is 0 Å². The molecule has 2 aromatic carbocycles. The summed E-state index contributed by atoms with van der Waals surface area (Å²) in [6.07, 6.45) is 1.80. The molecule has 0 saturated heterocycles. The van der Waals surface area contributed by atoms with Crippen LogP contribution in [0.15, 0.2) is 59.1 Å². The van der Waals surface area contributed by atoms with Crippen LogP contribution in [0.1, 0.15) is 11.1 Å². The van der Waals surface area contributed by atoms with E-state index in [9.17, 15) is 0 Å². The maximum absolute atomic E-state index is 9.16. The summed E-state index contributed by atoms with van der Waals surface area (Å²) < 4.78 is 1.03. The van der Waals surface area contributed by atoms with Gasteiger partial charge in [-0.3, -0.25) is 0 Å². The maximum Gasteiger partial charge on any atom is 0.0621 e. The van der Waals surface area contributed by atoms with Gasteiger partial charge >= 0.3 is 0 Å². The second-order valence-corrected chi connectivity index (χ2v) is 5.17. The molecule has 0 spiro atoms. The van der Waals surface area contributed by atoms with Crippen molar-refractivity contribution in [2.75, 3.05) is 6.61 Å². The van der Waals surface area contributed by atoms with E-state index in [1.165, 1.54) is 0 Å². The molecule has 0 aliphatic heterocycles. The number of hydrogen-bond acceptors (Lipinski definition) is 1. The molecule has 0 amide bonds. The van der Waals surface area contributed by atoms with Gasteiger partial charge in [-0.15, -0.1) is 0 Å². The molecule has 2 aromatic rings. The molecule has 18 heavy (non-hydrogen) atoms. The van der Waals surface area contributed by atoms with Crippen LogP contribution in [0.5, 0.6) is 0 Å². The number of aliphatic hydroxyl groups excluding tert-OH is 1. The van der Waals surface area contributed by atoms with Gasteiger partial charge in [0.05, 0.1) is 6.61 Å². The first-order valence-electron chi connectivity index (χ1n) is 5.53. The predicted octanol–water partition coefficient (Wildman–Crippen LogP) is 4.53. The van der Waals surface area contributed by atoms with Crippen molar-refractivity contribution in [1.29, 1.82) is 0 Å². The molecule has 0 atom stereocenters. The predicted molar refractivity (Wildman–Crippen MR) is 79.8 cm³/mol. The van der Waals surface area contributed by atoms with E-state index in [2.05, 4.69) is 15.9 Å². The minimum Gasteiger partial charge on any atom is -0.392 e. The molecular weight excluding hydrogens is 312 g/mol. The van der Waals surface area contributed by atoms with Gasteiger partial charge in [-0.1, -0.05) is 57.9 Å². The Morgan fingerprint density at radius 1 is 1.00 bits per heavy atom. The molecule has 0 radical (unpaired) electrons. The number of benzene rings is 2. The number of rotatable bonds is 3. The minimum absolute atomic E-state index is 0.00796. The summed E-state index contributed by atoms with van der Waals surface area (Å²) in [5.74, 6) is 0. The van der Waals surface area contributed by atoms with Crippen LogP contribution >= 0.6 is 27.5 Å².